The van der Waals surface area contributed by atoms with Gasteiger partial charge in [-0.2, -0.15) is 4.57 Å². The molecular formula is C21H20ClN2O6S4-. The number of halogens is 1. The molecule has 0 unspecified atom stereocenters. The lowest BCUT2D eigenvalue weighted by atomic mass is 10.1. The molecule has 1 N–H and O–H groups in total. The van der Waals surface area contributed by atoms with Crippen LogP contribution >= 0.6 is 34.7 Å². The average Bonchev–Trinajstić information content (AvgIpc) is 3.29. The smallest absolute Gasteiger partial charge is 0.265 e. The Balaban J connectivity index is 1.61. The first kappa shape index (κ1) is 25.4. The molecule has 0 fully saturated rings. The van der Waals surface area contributed by atoms with Crippen LogP contribution in [0.4, 0.5) is 5.69 Å². The van der Waals surface area contributed by atoms with Crippen LogP contribution in [-0.4, -0.2) is 37.4 Å². The molecule has 2 heterocycles. The van der Waals surface area contributed by atoms with E-state index >= 15 is 0 Å². The molecule has 0 aliphatic carbocycles. The Bertz CT molecular complexity index is 1480. The molecule has 0 bridgehead atoms. The van der Waals surface area contributed by atoms with Crippen LogP contribution < -0.4 is 9.88 Å². The van der Waals surface area contributed by atoms with Crippen LogP contribution in [0.2, 0.25) is 5.02 Å². The molecule has 0 saturated heterocycles. The third kappa shape index (κ3) is 6.30. The van der Waals surface area contributed by atoms with Crippen LogP contribution in [0.1, 0.15) is 23.4 Å². The second kappa shape index (κ2) is 10.1. The number of nitrogens with one attached hydrogen (secondary N) is 1. The molecule has 8 nitrogen and oxygen atoms in total. The van der Waals surface area contributed by atoms with E-state index in [2.05, 4.69) is 5.32 Å². The molecular weight excluding hydrogens is 540 g/mol. The predicted octanol–water partition coefficient (Wildman–Crippen LogP) is 3.77. The monoisotopic (exact) mass is 559 g/mol. The molecule has 0 saturated carbocycles. The van der Waals surface area contributed by atoms with E-state index < -0.39 is 31.7 Å². The number of nitrogens with zero attached hydrogens (tertiary/aromatic N) is 1. The third-order valence-electron chi connectivity index (χ3n) is 5.17. The molecule has 2 aromatic carbocycles. The van der Waals surface area contributed by atoms with Crippen molar-refractivity contribution in [1.82, 2.24) is 0 Å². The summed E-state index contributed by atoms with van der Waals surface area (Å²) < 4.78 is 69.1. The summed E-state index contributed by atoms with van der Waals surface area (Å²) in [5.74, 6) is -0.886. The number of fused-ring (bicyclic) bond motifs is 2. The Morgan fingerprint density at radius 1 is 1.00 bits per heavy atom. The van der Waals surface area contributed by atoms with Crippen LogP contribution in [0, 0.1) is 0 Å². The molecule has 0 atom stereocenters. The molecule has 0 amide bonds. The van der Waals surface area contributed by atoms with E-state index in [1.165, 1.54) is 11.8 Å². The first-order valence-corrected chi connectivity index (χ1v) is 15.4. The molecule has 1 aromatic heterocycles. The van der Waals surface area contributed by atoms with Gasteiger partial charge < -0.3 is 14.4 Å². The molecule has 34 heavy (non-hydrogen) atoms. The molecule has 1 aliphatic rings. The maximum absolute atomic E-state index is 11.1. The van der Waals surface area contributed by atoms with Gasteiger partial charge in [0, 0.05) is 33.9 Å². The van der Waals surface area contributed by atoms with Crippen molar-refractivity contribution >= 4 is 76.9 Å². The van der Waals surface area contributed by atoms with Crippen LogP contribution in [0.25, 0.3) is 16.3 Å². The van der Waals surface area contributed by atoms with E-state index in [-0.39, 0.29) is 12.8 Å². The van der Waals surface area contributed by atoms with Crippen LogP contribution in [0.5, 0.6) is 0 Å². The van der Waals surface area contributed by atoms with Crippen LogP contribution in [0.15, 0.2) is 46.3 Å². The van der Waals surface area contributed by atoms with Crippen molar-refractivity contribution in [2.75, 3.05) is 16.8 Å². The number of rotatable bonds is 9. The maximum atomic E-state index is 11.1. The fourth-order valence-corrected chi connectivity index (χ4v) is 7.14. The highest BCUT2D eigenvalue weighted by Crippen LogP contribution is 2.46. The minimum absolute atomic E-state index is 0.173. The summed E-state index contributed by atoms with van der Waals surface area (Å²) in [5.41, 5.74) is 2.49. The van der Waals surface area contributed by atoms with E-state index in [0.717, 1.165) is 36.4 Å². The highest BCUT2D eigenvalue weighted by atomic mass is 35.5. The quantitative estimate of drug-likeness (QED) is 0.310. The van der Waals surface area contributed by atoms with Gasteiger partial charge in [0.1, 0.15) is 4.70 Å². The van der Waals surface area contributed by atoms with Crippen molar-refractivity contribution in [3.63, 3.8) is 0 Å². The SMILES string of the molecule is O=S(=O)([O-])CCCc1c(Cl)ccc2c1N/C(=C/c1sc3ccccc3[n+]1CCCS(=O)(=O)[O-])S2. The van der Waals surface area contributed by atoms with Gasteiger partial charge in [0.05, 0.1) is 37.0 Å². The Hall–Kier alpha value is -1.67. The van der Waals surface area contributed by atoms with Gasteiger partial charge in [-0.15, -0.1) is 0 Å². The fraction of sp³-hybridized carbons (Fsp3) is 0.286. The number of thioether (sulfide) groups is 1. The highest BCUT2D eigenvalue weighted by molar-refractivity contribution is 8.03. The summed E-state index contributed by atoms with van der Waals surface area (Å²) in [6.45, 7) is 0.378. The Morgan fingerprint density at radius 3 is 2.44 bits per heavy atom. The number of aromatic nitrogens is 1. The summed E-state index contributed by atoms with van der Waals surface area (Å²) in [6.07, 6.45) is 2.68. The molecule has 13 heteroatoms. The Labute approximate surface area is 211 Å². The van der Waals surface area contributed by atoms with Crippen molar-refractivity contribution in [2.24, 2.45) is 0 Å². The topological polar surface area (TPSA) is 130 Å². The van der Waals surface area contributed by atoms with Gasteiger partial charge in [-0.3, -0.25) is 0 Å². The number of thiazole rings is 1. The van der Waals surface area contributed by atoms with Crippen molar-refractivity contribution < 1.29 is 30.5 Å². The summed E-state index contributed by atoms with van der Waals surface area (Å²) >= 11 is 9.41. The zero-order chi connectivity index (χ0) is 24.5. The number of anilines is 1. The molecule has 0 radical (unpaired) electrons. The van der Waals surface area contributed by atoms with Gasteiger partial charge in [-0.05, 0) is 36.6 Å². The summed E-state index contributed by atoms with van der Waals surface area (Å²) in [6, 6.07) is 11.4. The Morgan fingerprint density at radius 2 is 1.71 bits per heavy atom. The molecule has 182 valence electrons. The first-order chi connectivity index (χ1) is 16.0. The van der Waals surface area contributed by atoms with Crippen molar-refractivity contribution in [3.05, 3.63) is 57.0 Å². The van der Waals surface area contributed by atoms with Gasteiger partial charge in [0.25, 0.3) is 5.01 Å². The lowest BCUT2D eigenvalue weighted by Gasteiger charge is -2.11. The van der Waals surface area contributed by atoms with Gasteiger partial charge in [0.15, 0.2) is 6.54 Å². The van der Waals surface area contributed by atoms with Gasteiger partial charge in [0.2, 0.25) is 5.52 Å². The summed E-state index contributed by atoms with van der Waals surface area (Å²) in [5, 5.41) is 5.56. The zero-order valence-corrected chi connectivity index (χ0v) is 21.7. The van der Waals surface area contributed by atoms with E-state index in [0.29, 0.717) is 18.0 Å². The van der Waals surface area contributed by atoms with Gasteiger partial charge in [-0.1, -0.05) is 46.8 Å². The zero-order valence-electron chi connectivity index (χ0n) is 17.7. The molecule has 1 aliphatic heterocycles. The fourth-order valence-electron chi connectivity index (χ4n) is 3.73. The lowest BCUT2D eigenvalue weighted by Crippen LogP contribution is -2.36. The number of benzene rings is 2. The number of para-hydroxylation sites is 1. The molecule has 0 spiro atoms. The van der Waals surface area contributed by atoms with E-state index in [1.54, 1.807) is 17.4 Å². The minimum atomic E-state index is -4.30. The van der Waals surface area contributed by atoms with Crippen molar-refractivity contribution in [3.8, 4) is 0 Å². The van der Waals surface area contributed by atoms with E-state index in [9.17, 15) is 25.9 Å². The Kier molecular flexibility index (Phi) is 7.58. The highest BCUT2D eigenvalue weighted by Gasteiger charge is 2.25. The predicted molar refractivity (Wildman–Crippen MR) is 133 cm³/mol. The third-order valence-corrected chi connectivity index (χ3v) is 9.22. The van der Waals surface area contributed by atoms with Crippen molar-refractivity contribution in [2.45, 2.75) is 30.7 Å². The first-order valence-electron chi connectivity index (χ1n) is 10.3. The number of hydrogen-bond acceptors (Lipinski definition) is 9. The second-order valence-corrected chi connectivity index (χ2v) is 13.3. The van der Waals surface area contributed by atoms with Crippen LogP contribution in [-0.2, 0) is 33.2 Å². The van der Waals surface area contributed by atoms with E-state index in [4.69, 9.17) is 11.6 Å². The summed E-state index contributed by atoms with van der Waals surface area (Å²) in [7, 11) is -8.59. The maximum Gasteiger partial charge on any atom is 0.265 e. The number of aryl methyl sites for hydroxylation is 1. The van der Waals surface area contributed by atoms with Crippen molar-refractivity contribution in [1.29, 1.82) is 0 Å². The second-order valence-electron chi connectivity index (χ2n) is 7.68. The molecule has 4 rings (SSSR count). The largest absolute Gasteiger partial charge is 0.748 e. The number of hydrogen-bond donors (Lipinski definition) is 1. The summed E-state index contributed by atoms with van der Waals surface area (Å²) in [4.78, 5) is 0.931. The standard InChI is InChI=1S/C21H21ClN2O6S4/c22-15-8-9-18-21(14(15)5-3-11-33(25,26)27)23-19(31-18)13-20-24(10-4-12-34(28,29)30)16-6-1-2-7-17(16)32-20/h1-2,6-9,13H,3-5,10-12H2,(H2,25,26,27,28,29,30)/p-1. The van der Waals surface area contributed by atoms with E-state index in [1.807, 2.05) is 41.0 Å². The molecule has 3 aromatic rings. The lowest BCUT2D eigenvalue weighted by molar-refractivity contribution is -0.668. The van der Waals surface area contributed by atoms with Crippen LogP contribution in [0.3, 0.4) is 0 Å². The van der Waals surface area contributed by atoms with Gasteiger partial charge in [-0.25, -0.2) is 16.8 Å². The van der Waals surface area contributed by atoms with Gasteiger partial charge >= 0.3 is 0 Å². The normalized spacial score (nSPS) is 15.1. The average molecular weight is 560 g/mol. The minimum Gasteiger partial charge on any atom is -0.748 e.